The van der Waals surface area contributed by atoms with Crippen LogP contribution in [0.25, 0.3) is 0 Å². The monoisotopic (exact) mass is 246 g/mol. The van der Waals surface area contributed by atoms with Gasteiger partial charge in [0, 0.05) is 19.3 Å². The van der Waals surface area contributed by atoms with Gasteiger partial charge in [0.2, 0.25) is 0 Å². The zero-order valence-corrected chi connectivity index (χ0v) is 10.6. The van der Waals surface area contributed by atoms with Crippen molar-refractivity contribution < 1.29 is 0 Å². The summed E-state index contributed by atoms with van der Waals surface area (Å²) < 4.78 is 0. The summed E-state index contributed by atoms with van der Waals surface area (Å²) in [5, 5.41) is 1.22. The molecule has 0 aliphatic carbocycles. The molecule has 0 aliphatic heterocycles. The van der Waals surface area contributed by atoms with Gasteiger partial charge in [0.15, 0.2) is 0 Å². The molecule has 0 aromatic heterocycles. The molecule has 0 aliphatic rings. The highest BCUT2D eigenvalue weighted by Crippen LogP contribution is 2.35. The van der Waals surface area contributed by atoms with E-state index in [2.05, 4.69) is 11.8 Å². The molecule has 0 bridgehead atoms. The van der Waals surface area contributed by atoms with Crippen molar-refractivity contribution in [3.63, 3.8) is 0 Å². The minimum absolute atomic E-state index is 0.595. The minimum atomic E-state index is 0.595. The third-order valence-electron chi connectivity index (χ3n) is 2.27. The fourth-order valence-corrected chi connectivity index (χ4v) is 2.25. The number of hydrogen-bond acceptors (Lipinski definition) is 2. The Hall–Kier alpha value is -0.600. The molecule has 0 amide bonds. The second-order valence-electron chi connectivity index (χ2n) is 3.61. The lowest BCUT2D eigenvalue weighted by Crippen LogP contribution is -2.19. The maximum absolute atomic E-state index is 6.10. The van der Waals surface area contributed by atoms with Crippen molar-refractivity contribution in [3.05, 3.63) is 22.2 Å². The molecule has 84 valence electrons. The first-order chi connectivity index (χ1) is 7.06. The van der Waals surface area contributed by atoms with Gasteiger partial charge in [-0.2, -0.15) is 0 Å². The molecule has 2 N–H and O–H groups in total. The number of nitrogens with zero attached hydrogens (tertiary/aromatic N) is 1. The van der Waals surface area contributed by atoms with Gasteiger partial charge in [0.1, 0.15) is 0 Å². The van der Waals surface area contributed by atoms with Gasteiger partial charge in [-0.1, -0.05) is 36.5 Å². The van der Waals surface area contributed by atoms with E-state index >= 15 is 0 Å². The van der Waals surface area contributed by atoms with Crippen LogP contribution in [-0.2, 0) is 0 Å². The Bertz CT molecular complexity index is 316. The van der Waals surface area contributed by atoms with Gasteiger partial charge in [-0.15, -0.1) is 0 Å². The molecular formula is C11H16Cl2N2. The summed E-state index contributed by atoms with van der Waals surface area (Å²) in [6.45, 7) is 3.10. The Kier molecular flexibility index (Phi) is 4.55. The van der Waals surface area contributed by atoms with Gasteiger partial charge in [0.05, 0.1) is 15.7 Å². The van der Waals surface area contributed by atoms with Gasteiger partial charge in [-0.3, -0.25) is 0 Å². The van der Waals surface area contributed by atoms with Gasteiger partial charge in [-0.25, -0.2) is 0 Å². The van der Waals surface area contributed by atoms with Crippen LogP contribution in [-0.4, -0.2) is 13.6 Å². The highest BCUT2D eigenvalue weighted by molar-refractivity contribution is 6.39. The maximum Gasteiger partial charge on any atom is 0.0743 e. The summed E-state index contributed by atoms with van der Waals surface area (Å²) in [7, 11) is 1.99. The number of anilines is 2. The van der Waals surface area contributed by atoms with Crippen LogP contribution in [0.15, 0.2) is 12.1 Å². The first kappa shape index (κ1) is 12.5. The van der Waals surface area contributed by atoms with E-state index in [1.807, 2.05) is 7.05 Å². The lowest BCUT2D eigenvalue weighted by atomic mass is 10.2. The van der Waals surface area contributed by atoms with Crippen LogP contribution in [0.3, 0.4) is 0 Å². The first-order valence-corrected chi connectivity index (χ1v) is 5.77. The van der Waals surface area contributed by atoms with E-state index in [1.165, 1.54) is 0 Å². The second kappa shape index (κ2) is 5.47. The average Bonchev–Trinajstić information content (AvgIpc) is 2.12. The SMILES string of the molecule is CCCCN(C)c1c(Cl)cc(N)cc1Cl. The molecule has 4 heteroatoms. The summed E-state index contributed by atoms with van der Waals surface area (Å²) >= 11 is 12.2. The molecule has 0 atom stereocenters. The molecule has 0 unspecified atom stereocenters. The van der Waals surface area contributed by atoms with Crippen molar-refractivity contribution in [1.29, 1.82) is 0 Å². The fraction of sp³-hybridized carbons (Fsp3) is 0.455. The zero-order chi connectivity index (χ0) is 11.4. The standard InChI is InChI=1S/C11H16Cl2N2/c1-3-4-5-15(2)11-9(12)6-8(14)7-10(11)13/h6-7H,3-5,14H2,1-2H3. The van der Waals surface area contributed by atoms with E-state index < -0.39 is 0 Å². The normalized spacial score (nSPS) is 10.4. The largest absolute Gasteiger partial charge is 0.399 e. The van der Waals surface area contributed by atoms with E-state index in [1.54, 1.807) is 12.1 Å². The third-order valence-corrected chi connectivity index (χ3v) is 2.84. The average molecular weight is 247 g/mol. The smallest absolute Gasteiger partial charge is 0.0743 e. The van der Waals surface area contributed by atoms with Gasteiger partial charge in [-0.05, 0) is 18.6 Å². The summed E-state index contributed by atoms with van der Waals surface area (Å²) in [6, 6.07) is 3.45. The molecule has 1 aromatic carbocycles. The van der Waals surface area contributed by atoms with Crippen molar-refractivity contribution in [2.75, 3.05) is 24.2 Å². The molecule has 0 fully saturated rings. The molecular weight excluding hydrogens is 231 g/mol. The van der Waals surface area contributed by atoms with E-state index in [-0.39, 0.29) is 0 Å². The predicted molar refractivity (Wildman–Crippen MR) is 69.1 cm³/mol. The number of nitrogen functional groups attached to an aromatic ring is 1. The lowest BCUT2D eigenvalue weighted by molar-refractivity contribution is 0.767. The highest BCUT2D eigenvalue weighted by Gasteiger charge is 2.11. The molecule has 0 spiro atoms. The van der Waals surface area contributed by atoms with Gasteiger partial charge < -0.3 is 10.6 Å². The quantitative estimate of drug-likeness (QED) is 0.819. The summed E-state index contributed by atoms with van der Waals surface area (Å²) in [5.41, 5.74) is 7.10. The van der Waals surface area contributed by atoms with Crippen LogP contribution < -0.4 is 10.6 Å². The van der Waals surface area contributed by atoms with Gasteiger partial charge >= 0.3 is 0 Å². The fourth-order valence-electron chi connectivity index (χ4n) is 1.46. The van der Waals surface area contributed by atoms with Crippen molar-refractivity contribution in [1.82, 2.24) is 0 Å². The summed E-state index contributed by atoms with van der Waals surface area (Å²) in [5.74, 6) is 0. The van der Waals surface area contributed by atoms with Crippen molar-refractivity contribution >= 4 is 34.6 Å². The summed E-state index contributed by atoms with van der Waals surface area (Å²) in [4.78, 5) is 2.06. The number of halogens is 2. The number of unbranched alkanes of at least 4 members (excludes halogenated alkanes) is 1. The van der Waals surface area contributed by atoms with Crippen LogP contribution >= 0.6 is 23.2 Å². The molecule has 2 nitrogen and oxygen atoms in total. The lowest BCUT2D eigenvalue weighted by Gasteiger charge is -2.21. The molecule has 0 saturated heterocycles. The Morgan fingerprint density at radius 2 is 1.80 bits per heavy atom. The van der Waals surface area contributed by atoms with E-state index in [4.69, 9.17) is 28.9 Å². The van der Waals surface area contributed by atoms with Crippen molar-refractivity contribution in [3.8, 4) is 0 Å². The molecule has 15 heavy (non-hydrogen) atoms. The summed E-state index contributed by atoms with van der Waals surface area (Å²) in [6.07, 6.45) is 2.27. The zero-order valence-electron chi connectivity index (χ0n) is 9.06. The van der Waals surface area contributed by atoms with E-state index in [0.717, 1.165) is 25.1 Å². The topological polar surface area (TPSA) is 29.3 Å². The third kappa shape index (κ3) is 3.18. The number of nitrogens with two attached hydrogens (primary N) is 1. The highest BCUT2D eigenvalue weighted by atomic mass is 35.5. The number of rotatable bonds is 4. The minimum Gasteiger partial charge on any atom is -0.399 e. The molecule has 0 heterocycles. The second-order valence-corrected chi connectivity index (χ2v) is 4.42. The molecule has 1 aromatic rings. The molecule has 1 rings (SSSR count). The van der Waals surface area contributed by atoms with Gasteiger partial charge in [0.25, 0.3) is 0 Å². The van der Waals surface area contributed by atoms with E-state index in [0.29, 0.717) is 15.7 Å². The van der Waals surface area contributed by atoms with Crippen molar-refractivity contribution in [2.24, 2.45) is 0 Å². The first-order valence-electron chi connectivity index (χ1n) is 5.02. The van der Waals surface area contributed by atoms with Crippen LogP contribution in [0.4, 0.5) is 11.4 Å². The predicted octanol–water partition coefficient (Wildman–Crippen LogP) is 3.81. The molecule has 0 radical (unpaired) electrons. The van der Waals surface area contributed by atoms with E-state index in [9.17, 15) is 0 Å². The Labute approximate surface area is 101 Å². The number of hydrogen-bond donors (Lipinski definition) is 1. The maximum atomic E-state index is 6.10. The van der Waals surface area contributed by atoms with Crippen LogP contribution in [0.2, 0.25) is 10.0 Å². The van der Waals surface area contributed by atoms with Crippen LogP contribution in [0.1, 0.15) is 19.8 Å². The van der Waals surface area contributed by atoms with Crippen molar-refractivity contribution in [2.45, 2.75) is 19.8 Å². The van der Waals surface area contributed by atoms with Crippen LogP contribution in [0.5, 0.6) is 0 Å². The van der Waals surface area contributed by atoms with Crippen LogP contribution in [0, 0.1) is 0 Å². The Morgan fingerprint density at radius 1 is 1.27 bits per heavy atom. The number of benzene rings is 1. The molecule has 0 saturated carbocycles. The Morgan fingerprint density at radius 3 is 2.27 bits per heavy atom. The Balaban J connectivity index is 2.92.